The summed E-state index contributed by atoms with van der Waals surface area (Å²) in [7, 11) is 0. The third-order valence-corrected chi connectivity index (χ3v) is 13.9. The molecule has 4 atom stereocenters. The van der Waals surface area contributed by atoms with Gasteiger partial charge in [0.15, 0.2) is 0 Å². The lowest BCUT2D eigenvalue weighted by atomic mass is 9.75. The Balaban J connectivity index is 0.000000408. The van der Waals surface area contributed by atoms with Gasteiger partial charge >= 0.3 is 0 Å². The summed E-state index contributed by atoms with van der Waals surface area (Å²) in [6.45, 7) is 57.6. The Kier molecular flexibility index (Phi) is 29.4. The quantitative estimate of drug-likeness (QED) is 0.131. The zero-order valence-electron chi connectivity index (χ0n) is 48.5. The topological polar surface area (TPSA) is 104 Å². The first-order valence-electron chi connectivity index (χ1n) is 27.1. The smallest absolute Gasteiger partial charge is 0.0925 e. The number of hydrogen-bond acceptors (Lipinski definition) is 5. The third kappa shape index (κ3) is 21.0. The Labute approximate surface area is 419 Å². The fourth-order valence-corrected chi connectivity index (χ4v) is 9.51. The van der Waals surface area contributed by atoms with Crippen molar-refractivity contribution in [3.05, 3.63) is 88.0 Å². The highest BCUT2D eigenvalue weighted by Crippen LogP contribution is 2.34. The number of H-pyrrole nitrogens is 3. The third-order valence-electron chi connectivity index (χ3n) is 13.9. The van der Waals surface area contributed by atoms with Gasteiger partial charge in [-0.05, 0) is 123 Å². The highest BCUT2D eigenvalue weighted by atomic mass is 16.5. The van der Waals surface area contributed by atoms with E-state index in [1.807, 2.05) is 12.4 Å². The fourth-order valence-electron chi connectivity index (χ4n) is 9.51. The van der Waals surface area contributed by atoms with E-state index in [1.54, 1.807) is 6.33 Å². The van der Waals surface area contributed by atoms with Crippen LogP contribution >= 0.6 is 0 Å². The molecule has 0 aliphatic carbocycles. The van der Waals surface area contributed by atoms with Crippen LogP contribution in [0.1, 0.15) is 265 Å². The van der Waals surface area contributed by atoms with Crippen molar-refractivity contribution < 1.29 is 9.47 Å². The van der Waals surface area contributed by atoms with Gasteiger partial charge in [0.1, 0.15) is 0 Å². The molecule has 390 valence electrons. The summed E-state index contributed by atoms with van der Waals surface area (Å²) in [5.74, 6) is 11.1. The van der Waals surface area contributed by atoms with Crippen LogP contribution in [0.3, 0.4) is 0 Å². The number of imidazole rings is 1. The summed E-state index contributed by atoms with van der Waals surface area (Å²) in [4.78, 5) is 7.46. The van der Waals surface area contributed by atoms with Crippen molar-refractivity contribution in [2.75, 3.05) is 26.4 Å². The minimum Gasteiger partial charge on any atom is -0.381 e. The number of nitrogens with zero attached hydrogens (tertiary/aromatic N) is 3. The van der Waals surface area contributed by atoms with E-state index >= 15 is 0 Å². The summed E-state index contributed by atoms with van der Waals surface area (Å²) in [6.07, 6.45) is 6.91. The van der Waals surface area contributed by atoms with Gasteiger partial charge in [-0.3, -0.25) is 10.2 Å². The Bertz CT molecular complexity index is 1610. The molecule has 3 N–H and O–H groups in total. The Morgan fingerprint density at radius 3 is 1.04 bits per heavy atom. The largest absolute Gasteiger partial charge is 0.381 e. The minimum absolute atomic E-state index is 0.527. The molecule has 4 unspecified atom stereocenters. The molecule has 2 aliphatic heterocycles. The highest BCUT2D eigenvalue weighted by molar-refractivity contribution is 5.32. The lowest BCUT2D eigenvalue weighted by molar-refractivity contribution is -0.0177. The van der Waals surface area contributed by atoms with Crippen LogP contribution in [-0.4, -0.2) is 56.8 Å². The van der Waals surface area contributed by atoms with Gasteiger partial charge in [0.2, 0.25) is 0 Å². The van der Waals surface area contributed by atoms with E-state index < -0.39 is 0 Å². The predicted molar refractivity (Wildman–Crippen MR) is 294 cm³/mol. The van der Waals surface area contributed by atoms with Crippen molar-refractivity contribution >= 4 is 0 Å². The number of hydrogen-bond donors (Lipinski definition) is 3. The minimum atomic E-state index is 0.527. The van der Waals surface area contributed by atoms with E-state index in [0.717, 1.165) is 73.8 Å². The molecule has 8 nitrogen and oxygen atoms in total. The van der Waals surface area contributed by atoms with E-state index in [9.17, 15) is 0 Å². The number of nitrogens with one attached hydrogen (secondary N) is 3. The molecule has 0 saturated carbocycles. The van der Waals surface area contributed by atoms with Gasteiger partial charge in [0, 0.05) is 43.5 Å². The molecular weight excluding hydrogens is 837 g/mol. The van der Waals surface area contributed by atoms with Gasteiger partial charge in [-0.1, -0.05) is 190 Å². The normalized spacial score (nSPS) is 18.3. The predicted octanol–water partition coefficient (Wildman–Crippen LogP) is 17.4. The van der Waals surface area contributed by atoms with Gasteiger partial charge in [-0.2, -0.15) is 10.2 Å². The van der Waals surface area contributed by atoms with Crippen LogP contribution in [0.15, 0.2) is 43.0 Å². The standard InChI is InChI=1S/C12H18.C11H22O.C10H20O.3C9H16N2/c1-9(2)11-7-5-6-8-12(11)10(3)4;1-8(2)10-5-6-12-7-11(10)9(3)4;1-7(2)9-5-11-6-10(9)8(3)4;1-6(2)8-9(7(3)4)11-5-10-8;2*1-6(2)8-5-10-11-9(8)7(3)4/h5-10H,1-4H3;8-11H,5-7H2,1-4H3;7-10H,5-6H2,1-4H3;3*5-7H,1-4H3,(H,10,11). The van der Waals surface area contributed by atoms with Gasteiger partial charge in [-0.15, -0.1) is 0 Å². The molecule has 6 rings (SSSR count). The summed E-state index contributed by atoms with van der Waals surface area (Å²) in [5.41, 5.74) is 10.7. The molecule has 1 aromatic carbocycles. The van der Waals surface area contributed by atoms with Gasteiger partial charge in [0.25, 0.3) is 0 Å². The summed E-state index contributed by atoms with van der Waals surface area (Å²) >= 11 is 0. The van der Waals surface area contributed by atoms with Crippen molar-refractivity contribution in [3.63, 3.8) is 0 Å². The Morgan fingerprint density at radius 1 is 0.412 bits per heavy atom. The van der Waals surface area contributed by atoms with Crippen LogP contribution in [-0.2, 0) is 9.47 Å². The number of aromatic amines is 3. The number of aromatic nitrogens is 6. The van der Waals surface area contributed by atoms with Crippen molar-refractivity contribution in [1.29, 1.82) is 0 Å². The van der Waals surface area contributed by atoms with Crippen molar-refractivity contribution in [1.82, 2.24) is 30.4 Å². The van der Waals surface area contributed by atoms with Crippen molar-refractivity contribution in [2.24, 2.45) is 47.3 Å². The van der Waals surface area contributed by atoms with Crippen LogP contribution in [0.5, 0.6) is 0 Å². The number of ether oxygens (including phenoxy) is 2. The molecule has 2 saturated heterocycles. The molecular formula is C60H108N6O2. The monoisotopic (exact) mass is 945 g/mol. The molecule has 0 radical (unpaired) electrons. The molecule has 4 aromatic rings. The summed E-state index contributed by atoms with van der Waals surface area (Å²) < 4.78 is 11.0. The SMILES string of the molecule is CC(C)C1CCOCC1C(C)C.CC(C)C1COCC1C(C)C.CC(C)c1ccccc1C(C)C.CC(C)c1cn[nH]c1C(C)C.CC(C)c1cn[nH]c1C(C)C.CC(C)c1nc[nH]c1C(C)C. The van der Waals surface area contributed by atoms with E-state index in [-0.39, 0.29) is 0 Å². The highest BCUT2D eigenvalue weighted by Gasteiger charge is 2.32. The maximum atomic E-state index is 5.52. The molecule has 0 amide bonds. The van der Waals surface area contributed by atoms with E-state index in [2.05, 4.69) is 221 Å². The van der Waals surface area contributed by atoms with Crippen LogP contribution in [0.2, 0.25) is 0 Å². The molecule has 8 heteroatoms. The molecule has 0 spiro atoms. The van der Waals surface area contributed by atoms with Gasteiger partial charge in [0.05, 0.1) is 24.4 Å². The van der Waals surface area contributed by atoms with E-state index in [0.29, 0.717) is 47.3 Å². The first-order valence-corrected chi connectivity index (χ1v) is 27.1. The average molecular weight is 946 g/mol. The second-order valence-corrected chi connectivity index (χ2v) is 23.6. The van der Waals surface area contributed by atoms with Crippen molar-refractivity contribution in [2.45, 2.75) is 220 Å². The van der Waals surface area contributed by atoms with Crippen LogP contribution in [0, 0.1) is 47.3 Å². The van der Waals surface area contributed by atoms with Crippen molar-refractivity contribution in [3.8, 4) is 0 Å². The zero-order valence-corrected chi connectivity index (χ0v) is 48.5. The summed E-state index contributed by atoms with van der Waals surface area (Å²) in [5, 5.41) is 14.2. The lowest BCUT2D eigenvalue weighted by Crippen LogP contribution is -2.34. The van der Waals surface area contributed by atoms with Crippen LogP contribution in [0.25, 0.3) is 0 Å². The maximum Gasteiger partial charge on any atom is 0.0925 e. The average Bonchev–Trinajstić information content (AvgIpc) is 4.11. The van der Waals surface area contributed by atoms with E-state index in [1.165, 1.54) is 51.5 Å². The molecule has 5 heterocycles. The molecule has 0 bridgehead atoms. The second-order valence-electron chi connectivity index (χ2n) is 23.6. The Morgan fingerprint density at radius 2 is 0.765 bits per heavy atom. The first-order chi connectivity index (χ1) is 31.8. The first kappa shape index (κ1) is 62.8. The number of rotatable bonds is 12. The fraction of sp³-hybridized carbons (Fsp3) is 0.750. The lowest BCUT2D eigenvalue weighted by Gasteiger charge is -2.36. The molecule has 2 aliphatic rings. The summed E-state index contributed by atoms with van der Waals surface area (Å²) in [6, 6.07) is 8.72. The Hall–Kier alpha value is -3.23. The zero-order chi connectivity index (χ0) is 52.0. The van der Waals surface area contributed by atoms with Crippen LogP contribution in [0.4, 0.5) is 0 Å². The van der Waals surface area contributed by atoms with Gasteiger partial charge in [-0.25, -0.2) is 4.98 Å². The molecule has 2 fully saturated rings. The molecule has 68 heavy (non-hydrogen) atoms. The van der Waals surface area contributed by atoms with Gasteiger partial charge < -0.3 is 14.5 Å². The number of benzene rings is 1. The molecule has 3 aromatic heterocycles. The second kappa shape index (κ2) is 31.9. The van der Waals surface area contributed by atoms with Crippen LogP contribution < -0.4 is 0 Å². The van der Waals surface area contributed by atoms with E-state index in [4.69, 9.17) is 9.47 Å². The maximum absolute atomic E-state index is 5.52.